The van der Waals surface area contributed by atoms with Gasteiger partial charge in [-0.1, -0.05) is 0 Å². The van der Waals surface area contributed by atoms with E-state index in [0.717, 1.165) is 10.6 Å². The summed E-state index contributed by atoms with van der Waals surface area (Å²) in [5.41, 5.74) is -0.162. The third kappa shape index (κ3) is 3.72. The van der Waals surface area contributed by atoms with Crippen LogP contribution in [0.5, 0.6) is 5.75 Å². The van der Waals surface area contributed by atoms with Crippen LogP contribution in [0.2, 0.25) is 0 Å². The van der Waals surface area contributed by atoms with Gasteiger partial charge in [-0.05, 0) is 31.0 Å². The van der Waals surface area contributed by atoms with Crippen LogP contribution in [0, 0.1) is 6.92 Å². The number of rotatable bonds is 2. The average Bonchev–Trinajstić information content (AvgIpc) is 3.35. The molecule has 3 aromatic heterocycles. The molecular formula is C20H15F6N7O. The number of aryl methyl sites for hydroxylation is 2. The van der Waals surface area contributed by atoms with Gasteiger partial charge < -0.3 is 9.67 Å². The van der Waals surface area contributed by atoms with Crippen LogP contribution in [0.25, 0.3) is 22.4 Å². The number of aromatic hydroxyl groups is 1. The van der Waals surface area contributed by atoms with Crippen molar-refractivity contribution in [2.75, 3.05) is 0 Å². The van der Waals surface area contributed by atoms with E-state index in [1.54, 1.807) is 6.20 Å². The zero-order chi connectivity index (χ0) is 24.4. The highest BCUT2D eigenvalue weighted by Crippen LogP contribution is 2.39. The van der Waals surface area contributed by atoms with Gasteiger partial charge in [-0.25, -0.2) is 9.97 Å². The van der Waals surface area contributed by atoms with Gasteiger partial charge in [0.15, 0.2) is 5.65 Å². The van der Waals surface area contributed by atoms with Gasteiger partial charge in [-0.15, -0.1) is 10.2 Å². The smallest absolute Gasteiger partial charge is 0.451 e. The third-order valence-corrected chi connectivity index (χ3v) is 5.69. The predicted octanol–water partition coefficient (Wildman–Crippen LogP) is 4.32. The van der Waals surface area contributed by atoms with E-state index in [2.05, 4.69) is 25.3 Å². The molecule has 0 unspecified atom stereocenters. The molecule has 8 nitrogen and oxygen atoms in total. The normalized spacial score (nSPS) is 16.7. The fourth-order valence-electron chi connectivity index (χ4n) is 4.13. The van der Waals surface area contributed by atoms with E-state index in [4.69, 9.17) is 0 Å². The molecule has 4 heterocycles. The Morgan fingerprint density at radius 1 is 1.06 bits per heavy atom. The van der Waals surface area contributed by atoms with Crippen LogP contribution in [-0.4, -0.2) is 39.6 Å². The summed E-state index contributed by atoms with van der Waals surface area (Å²) < 4.78 is 81.2. The number of hydrogen-bond acceptors (Lipinski definition) is 6. The molecule has 0 fully saturated rings. The van der Waals surface area contributed by atoms with Crippen LogP contribution in [0.15, 0.2) is 24.5 Å². The SMILES string of the molecule is Cc1cc(C(F)(F)F)cc(O)c1-c1cnc2cn([C@H]3CCc4nnc(C(F)(F)F)n4C3)nc2n1. The average molecular weight is 483 g/mol. The maximum atomic E-state index is 13.2. The number of phenolic OH excluding ortho intramolecular Hbond substituents is 1. The minimum atomic E-state index is -4.64. The van der Waals surface area contributed by atoms with Crippen molar-refractivity contribution in [3.63, 3.8) is 0 Å². The molecule has 0 saturated heterocycles. The van der Waals surface area contributed by atoms with Crippen molar-refractivity contribution < 1.29 is 31.4 Å². The lowest BCUT2D eigenvalue weighted by Gasteiger charge is -2.24. The van der Waals surface area contributed by atoms with Crippen molar-refractivity contribution in [3.8, 4) is 17.0 Å². The second-order valence-electron chi connectivity index (χ2n) is 8.00. The van der Waals surface area contributed by atoms with Crippen LogP contribution in [0.3, 0.4) is 0 Å². The molecule has 0 bridgehead atoms. The van der Waals surface area contributed by atoms with Gasteiger partial charge in [-0.3, -0.25) is 4.68 Å². The number of alkyl halides is 6. The van der Waals surface area contributed by atoms with Crippen molar-refractivity contribution in [1.29, 1.82) is 0 Å². The summed E-state index contributed by atoms with van der Waals surface area (Å²) in [7, 11) is 0. The summed E-state index contributed by atoms with van der Waals surface area (Å²) in [5, 5.41) is 21.5. The molecule has 4 aromatic rings. The largest absolute Gasteiger partial charge is 0.507 e. The summed E-state index contributed by atoms with van der Waals surface area (Å²) in [6, 6.07) is 1.07. The number of fused-ring (bicyclic) bond motifs is 2. The molecule has 0 saturated carbocycles. The van der Waals surface area contributed by atoms with Gasteiger partial charge in [0.25, 0.3) is 0 Å². The van der Waals surface area contributed by atoms with Crippen molar-refractivity contribution in [1.82, 2.24) is 34.5 Å². The maximum absolute atomic E-state index is 13.2. The third-order valence-electron chi connectivity index (χ3n) is 5.69. The number of halogens is 6. The standard InChI is InChI=1S/C20H15F6N7O/c1-9-4-10(19(21,22)23)5-14(34)16(9)12-6-27-13-8-33(31-17(13)28-12)11-2-3-15-29-30-18(20(24,25)26)32(15)7-11/h4-6,8,11,34H,2-3,7H2,1H3/t11-/m0/s1. The molecule has 1 N–H and O–H groups in total. The first-order valence-corrected chi connectivity index (χ1v) is 10.0. The van der Waals surface area contributed by atoms with Crippen LogP contribution < -0.4 is 0 Å². The molecule has 1 atom stereocenters. The number of phenols is 1. The first-order valence-electron chi connectivity index (χ1n) is 10.0. The number of nitrogens with zero attached hydrogens (tertiary/aromatic N) is 7. The molecule has 0 spiro atoms. The Labute approximate surface area is 186 Å². The molecule has 34 heavy (non-hydrogen) atoms. The van der Waals surface area contributed by atoms with Gasteiger partial charge in [0, 0.05) is 18.5 Å². The van der Waals surface area contributed by atoms with Crippen LogP contribution in [-0.2, 0) is 25.3 Å². The molecule has 0 amide bonds. The van der Waals surface area contributed by atoms with E-state index in [-0.39, 0.29) is 41.3 Å². The molecular weight excluding hydrogens is 468 g/mol. The minimum Gasteiger partial charge on any atom is -0.507 e. The predicted molar refractivity (Wildman–Crippen MR) is 105 cm³/mol. The molecule has 1 aromatic carbocycles. The molecule has 0 radical (unpaired) electrons. The first kappa shape index (κ1) is 22.1. The highest BCUT2D eigenvalue weighted by atomic mass is 19.4. The van der Waals surface area contributed by atoms with Gasteiger partial charge in [-0.2, -0.15) is 31.4 Å². The van der Waals surface area contributed by atoms with Crippen molar-refractivity contribution in [2.45, 2.75) is 44.7 Å². The van der Waals surface area contributed by atoms with Gasteiger partial charge >= 0.3 is 12.4 Å². The Hall–Kier alpha value is -3.71. The van der Waals surface area contributed by atoms with Crippen molar-refractivity contribution in [3.05, 3.63) is 47.3 Å². The summed E-state index contributed by atoms with van der Waals surface area (Å²) in [6.45, 7) is 1.36. The quantitative estimate of drug-likeness (QED) is 0.427. The summed E-state index contributed by atoms with van der Waals surface area (Å²) in [6.07, 6.45) is -5.68. The lowest BCUT2D eigenvalue weighted by Crippen LogP contribution is -2.27. The van der Waals surface area contributed by atoms with Crippen LogP contribution in [0.4, 0.5) is 26.3 Å². The van der Waals surface area contributed by atoms with E-state index in [0.29, 0.717) is 18.0 Å². The fraction of sp³-hybridized carbons (Fsp3) is 0.350. The van der Waals surface area contributed by atoms with E-state index in [1.165, 1.54) is 17.8 Å². The summed E-state index contributed by atoms with van der Waals surface area (Å²) in [4.78, 5) is 8.55. The Balaban J connectivity index is 1.49. The lowest BCUT2D eigenvalue weighted by atomic mass is 10.0. The number of hydrogen-bond donors (Lipinski definition) is 1. The number of benzene rings is 1. The Morgan fingerprint density at radius 3 is 2.50 bits per heavy atom. The van der Waals surface area contributed by atoms with Gasteiger partial charge in [0.1, 0.15) is 17.1 Å². The minimum absolute atomic E-state index is 0.0448. The maximum Gasteiger partial charge on any atom is 0.451 e. The zero-order valence-electron chi connectivity index (χ0n) is 17.4. The van der Waals surface area contributed by atoms with Crippen LogP contribution in [0.1, 0.15) is 35.2 Å². The van der Waals surface area contributed by atoms with E-state index >= 15 is 0 Å². The van der Waals surface area contributed by atoms with Gasteiger partial charge in [0.05, 0.1) is 29.7 Å². The fourth-order valence-corrected chi connectivity index (χ4v) is 4.13. The molecule has 1 aliphatic heterocycles. The second kappa shape index (κ2) is 7.40. The Kier molecular flexibility index (Phi) is 4.81. The van der Waals surface area contributed by atoms with E-state index < -0.39 is 35.5 Å². The Bertz CT molecular complexity index is 1380. The van der Waals surface area contributed by atoms with Crippen molar-refractivity contribution >= 4 is 11.2 Å². The molecule has 1 aliphatic rings. The van der Waals surface area contributed by atoms with E-state index in [1.807, 2.05) is 0 Å². The molecule has 5 rings (SSSR count). The molecule has 178 valence electrons. The summed E-state index contributed by atoms with van der Waals surface area (Å²) in [5.74, 6) is -1.43. The zero-order valence-corrected chi connectivity index (χ0v) is 17.4. The van der Waals surface area contributed by atoms with Crippen molar-refractivity contribution in [2.24, 2.45) is 0 Å². The Morgan fingerprint density at radius 2 is 1.82 bits per heavy atom. The lowest BCUT2D eigenvalue weighted by molar-refractivity contribution is -0.148. The van der Waals surface area contributed by atoms with Crippen LogP contribution >= 0.6 is 0 Å². The highest BCUT2D eigenvalue weighted by molar-refractivity contribution is 5.77. The first-order chi connectivity index (χ1) is 15.9. The highest BCUT2D eigenvalue weighted by Gasteiger charge is 2.40. The van der Waals surface area contributed by atoms with E-state index in [9.17, 15) is 31.4 Å². The molecule has 14 heteroatoms. The monoisotopic (exact) mass is 483 g/mol. The number of aromatic nitrogens is 7. The summed E-state index contributed by atoms with van der Waals surface area (Å²) >= 11 is 0. The van der Waals surface area contributed by atoms with Gasteiger partial charge in [0.2, 0.25) is 5.82 Å². The molecule has 0 aliphatic carbocycles. The topological polar surface area (TPSA) is 94.5 Å². The second-order valence-corrected chi connectivity index (χ2v) is 8.00.